The van der Waals surface area contributed by atoms with Gasteiger partial charge in [0.1, 0.15) is 12.0 Å². The van der Waals surface area contributed by atoms with Gasteiger partial charge in [-0.05, 0) is 17.7 Å². The van der Waals surface area contributed by atoms with Gasteiger partial charge in [0.2, 0.25) is 0 Å². The lowest BCUT2D eigenvalue weighted by molar-refractivity contribution is 0.422. The molecule has 0 amide bonds. The van der Waals surface area contributed by atoms with Crippen LogP contribution in [0.3, 0.4) is 0 Å². The number of hydrogen-bond donors (Lipinski definition) is 0. The molecule has 2 aromatic carbocycles. The van der Waals surface area contributed by atoms with Crippen molar-refractivity contribution in [2.75, 3.05) is 0 Å². The average molecular weight is 256 g/mol. The van der Waals surface area contributed by atoms with Crippen LogP contribution in [-0.2, 0) is 0 Å². The molecule has 0 fully saturated rings. The second kappa shape index (κ2) is 4.67. The highest BCUT2D eigenvalue weighted by Gasteiger charge is 2.11. The van der Waals surface area contributed by atoms with Crippen LogP contribution in [0.1, 0.15) is 0 Å². The third kappa shape index (κ3) is 2.03. The van der Waals surface area contributed by atoms with Gasteiger partial charge in [0.25, 0.3) is 0 Å². The van der Waals surface area contributed by atoms with Gasteiger partial charge >= 0.3 is 0 Å². The Labute approximate surface area is 110 Å². The normalized spacial score (nSPS) is 10.5. The molecule has 0 radical (unpaired) electrons. The molecule has 0 atom stereocenters. The third-order valence-electron chi connectivity index (χ3n) is 2.77. The van der Waals surface area contributed by atoms with Crippen molar-refractivity contribution in [3.05, 3.63) is 65.9 Å². The molecule has 0 spiro atoms. The van der Waals surface area contributed by atoms with Crippen LogP contribution in [0.5, 0.6) is 0 Å². The van der Waals surface area contributed by atoms with Crippen molar-refractivity contribution in [3.8, 4) is 22.4 Å². The highest BCUT2D eigenvalue weighted by Crippen LogP contribution is 2.31. The summed E-state index contributed by atoms with van der Waals surface area (Å²) in [4.78, 5) is 0. The van der Waals surface area contributed by atoms with Crippen LogP contribution < -0.4 is 0 Å². The maximum atomic E-state index is 5.89. The molecule has 0 aliphatic rings. The van der Waals surface area contributed by atoms with Crippen molar-refractivity contribution in [1.29, 1.82) is 0 Å². The summed E-state index contributed by atoms with van der Waals surface area (Å²) in [6.45, 7) is 0. The Morgan fingerprint density at radius 3 is 2.28 bits per heavy atom. The number of benzene rings is 2. The maximum absolute atomic E-state index is 5.89. The third-order valence-corrected chi connectivity index (χ3v) is 3.02. The molecular formula is C15H10ClNO. The molecule has 0 N–H and O–H groups in total. The number of aromatic nitrogens is 1. The quantitative estimate of drug-likeness (QED) is 0.665. The largest absolute Gasteiger partial charge is 0.363 e. The van der Waals surface area contributed by atoms with E-state index in [4.69, 9.17) is 16.1 Å². The maximum Gasteiger partial charge on any atom is 0.132 e. The highest BCUT2D eigenvalue weighted by molar-refractivity contribution is 6.30. The number of halogens is 1. The fourth-order valence-electron chi connectivity index (χ4n) is 1.88. The Bertz CT molecular complexity index is 644. The lowest BCUT2D eigenvalue weighted by atomic mass is 10.0. The van der Waals surface area contributed by atoms with Gasteiger partial charge in [0.15, 0.2) is 0 Å². The summed E-state index contributed by atoms with van der Waals surface area (Å²) >= 11 is 5.89. The lowest BCUT2D eigenvalue weighted by Crippen LogP contribution is -1.81. The Kier molecular flexibility index (Phi) is 2.87. The molecule has 1 aromatic heterocycles. The van der Waals surface area contributed by atoms with E-state index in [0.717, 1.165) is 22.4 Å². The molecule has 0 aliphatic carbocycles. The van der Waals surface area contributed by atoms with E-state index in [1.54, 1.807) is 6.26 Å². The summed E-state index contributed by atoms with van der Waals surface area (Å²) in [7, 11) is 0. The summed E-state index contributed by atoms with van der Waals surface area (Å²) in [5, 5.41) is 4.79. The van der Waals surface area contributed by atoms with Gasteiger partial charge in [-0.3, -0.25) is 0 Å². The Morgan fingerprint density at radius 2 is 1.56 bits per heavy atom. The average Bonchev–Trinajstić information content (AvgIpc) is 2.90. The second-order valence-electron chi connectivity index (χ2n) is 3.95. The molecule has 88 valence electrons. The zero-order valence-electron chi connectivity index (χ0n) is 9.51. The first kappa shape index (κ1) is 11.1. The minimum atomic E-state index is 0.712. The zero-order valence-corrected chi connectivity index (χ0v) is 10.3. The molecule has 0 aliphatic heterocycles. The molecule has 0 saturated carbocycles. The Hall–Kier alpha value is -2.06. The van der Waals surface area contributed by atoms with E-state index >= 15 is 0 Å². The van der Waals surface area contributed by atoms with Gasteiger partial charge in [-0.25, -0.2) is 0 Å². The summed E-state index contributed by atoms with van der Waals surface area (Å²) in [6, 6.07) is 17.6. The van der Waals surface area contributed by atoms with E-state index in [1.807, 2.05) is 54.6 Å². The molecular weight excluding hydrogens is 246 g/mol. The van der Waals surface area contributed by atoms with Crippen LogP contribution in [0, 0.1) is 0 Å². The van der Waals surface area contributed by atoms with E-state index in [2.05, 4.69) is 5.16 Å². The van der Waals surface area contributed by atoms with E-state index in [0.29, 0.717) is 5.02 Å². The summed E-state index contributed by atoms with van der Waals surface area (Å²) in [5.41, 5.74) is 3.89. The van der Waals surface area contributed by atoms with Gasteiger partial charge in [0, 0.05) is 16.1 Å². The van der Waals surface area contributed by atoms with Gasteiger partial charge in [-0.1, -0.05) is 59.2 Å². The van der Waals surface area contributed by atoms with Crippen LogP contribution >= 0.6 is 11.6 Å². The Balaban J connectivity index is 2.10. The minimum Gasteiger partial charge on any atom is -0.363 e. The zero-order chi connectivity index (χ0) is 12.4. The molecule has 0 bridgehead atoms. The predicted molar refractivity (Wildman–Crippen MR) is 72.4 cm³/mol. The van der Waals surface area contributed by atoms with Crippen molar-refractivity contribution >= 4 is 11.6 Å². The van der Waals surface area contributed by atoms with Crippen molar-refractivity contribution in [3.63, 3.8) is 0 Å². The van der Waals surface area contributed by atoms with Crippen molar-refractivity contribution in [2.24, 2.45) is 0 Å². The highest BCUT2D eigenvalue weighted by atomic mass is 35.5. The van der Waals surface area contributed by atoms with Crippen LogP contribution in [0.2, 0.25) is 5.02 Å². The fourth-order valence-corrected chi connectivity index (χ4v) is 2.00. The molecule has 3 aromatic rings. The van der Waals surface area contributed by atoms with Crippen molar-refractivity contribution < 1.29 is 4.52 Å². The molecule has 1 heterocycles. The first-order valence-electron chi connectivity index (χ1n) is 5.60. The monoisotopic (exact) mass is 255 g/mol. The fraction of sp³-hybridized carbons (Fsp3) is 0. The standard InChI is InChI=1S/C15H10ClNO/c16-13-8-6-12(7-9-13)15-14(10-18-17-15)11-4-2-1-3-5-11/h1-10H. The summed E-state index contributed by atoms with van der Waals surface area (Å²) < 4.78 is 5.10. The van der Waals surface area contributed by atoms with E-state index in [1.165, 1.54) is 0 Å². The van der Waals surface area contributed by atoms with Crippen LogP contribution in [0.15, 0.2) is 65.4 Å². The number of rotatable bonds is 2. The number of nitrogens with zero attached hydrogens (tertiary/aromatic N) is 1. The van der Waals surface area contributed by atoms with Crippen LogP contribution in [0.25, 0.3) is 22.4 Å². The number of hydrogen-bond acceptors (Lipinski definition) is 2. The SMILES string of the molecule is Clc1ccc(-c2nocc2-c2ccccc2)cc1. The van der Waals surface area contributed by atoms with E-state index in [9.17, 15) is 0 Å². The van der Waals surface area contributed by atoms with Crippen LogP contribution in [-0.4, -0.2) is 5.16 Å². The van der Waals surface area contributed by atoms with E-state index < -0.39 is 0 Å². The van der Waals surface area contributed by atoms with Crippen LogP contribution in [0.4, 0.5) is 0 Å². The molecule has 3 heteroatoms. The van der Waals surface area contributed by atoms with Gasteiger partial charge in [-0.15, -0.1) is 0 Å². The molecule has 18 heavy (non-hydrogen) atoms. The predicted octanol–water partition coefficient (Wildman–Crippen LogP) is 4.66. The minimum absolute atomic E-state index is 0.712. The molecule has 0 unspecified atom stereocenters. The second-order valence-corrected chi connectivity index (χ2v) is 4.39. The van der Waals surface area contributed by atoms with Gasteiger partial charge < -0.3 is 4.52 Å². The van der Waals surface area contributed by atoms with E-state index in [-0.39, 0.29) is 0 Å². The smallest absolute Gasteiger partial charge is 0.132 e. The molecule has 0 saturated heterocycles. The Morgan fingerprint density at radius 1 is 0.833 bits per heavy atom. The van der Waals surface area contributed by atoms with Crippen molar-refractivity contribution in [1.82, 2.24) is 5.16 Å². The van der Waals surface area contributed by atoms with Crippen molar-refractivity contribution in [2.45, 2.75) is 0 Å². The first-order valence-corrected chi connectivity index (χ1v) is 5.98. The lowest BCUT2D eigenvalue weighted by Gasteiger charge is -2.01. The molecule has 3 rings (SSSR count). The van der Waals surface area contributed by atoms with Gasteiger partial charge in [0.05, 0.1) is 0 Å². The first-order chi connectivity index (χ1) is 8.84. The molecule has 2 nitrogen and oxygen atoms in total. The van der Waals surface area contributed by atoms with Gasteiger partial charge in [-0.2, -0.15) is 0 Å². The summed E-state index contributed by atoms with van der Waals surface area (Å²) in [6.07, 6.45) is 1.67. The topological polar surface area (TPSA) is 26.0 Å². The summed E-state index contributed by atoms with van der Waals surface area (Å²) in [5.74, 6) is 0.